The average Bonchev–Trinajstić information content (AvgIpc) is 3.11. The van der Waals surface area contributed by atoms with Crippen LogP contribution in [0.4, 0.5) is 5.69 Å². The fourth-order valence-electron chi connectivity index (χ4n) is 3.82. The number of benzene rings is 1. The van der Waals surface area contributed by atoms with E-state index in [-0.39, 0.29) is 17.9 Å². The van der Waals surface area contributed by atoms with Crippen molar-refractivity contribution in [2.75, 3.05) is 44.2 Å². The Kier molecular flexibility index (Phi) is 7.26. The number of amides is 1. The van der Waals surface area contributed by atoms with E-state index >= 15 is 0 Å². The molecule has 7 nitrogen and oxygen atoms in total. The predicted octanol–water partition coefficient (Wildman–Crippen LogP) is 2.68. The highest BCUT2D eigenvalue weighted by Gasteiger charge is 2.29. The Bertz CT molecular complexity index is 772. The molecule has 0 aliphatic carbocycles. The molecule has 2 saturated heterocycles. The lowest BCUT2D eigenvalue weighted by molar-refractivity contribution is -0.207. The molecule has 1 N–H and O–H groups in total. The number of rotatable bonds is 5. The van der Waals surface area contributed by atoms with Crippen LogP contribution in [0, 0.1) is 5.41 Å². The molecule has 2 heterocycles. The zero-order chi connectivity index (χ0) is 21.9. The molecule has 1 aromatic rings. The number of carbonyl (C=O) groups excluding carboxylic acids is 2. The van der Waals surface area contributed by atoms with Crippen molar-refractivity contribution in [3.63, 3.8) is 0 Å². The van der Waals surface area contributed by atoms with Gasteiger partial charge in [-0.3, -0.25) is 9.69 Å². The van der Waals surface area contributed by atoms with Gasteiger partial charge in [-0.15, -0.1) is 5.06 Å². The van der Waals surface area contributed by atoms with E-state index in [0.29, 0.717) is 13.1 Å². The molecule has 0 radical (unpaired) electrons. The Morgan fingerprint density at radius 2 is 1.87 bits per heavy atom. The minimum Gasteiger partial charge on any atom is -0.369 e. The minimum absolute atomic E-state index is 0.0122. The standard InChI is InChI=1S/C22H33ClN4O3/c1-16(28)24-19-7-8-26(15-19)20-13-18(23)6-5-17(20)14-25-9-11-27(12-10-25)30-21(29)22(2,3)4/h5-6,13,19H,7-12,14-15H2,1-4H3,(H,24,28). The largest absolute Gasteiger partial charge is 0.369 e. The third-order valence-corrected chi connectivity index (χ3v) is 5.77. The second-order valence-corrected chi connectivity index (χ2v) is 9.68. The van der Waals surface area contributed by atoms with E-state index < -0.39 is 5.41 Å². The van der Waals surface area contributed by atoms with Gasteiger partial charge in [-0.1, -0.05) is 17.7 Å². The Hall–Kier alpha value is -1.83. The van der Waals surface area contributed by atoms with Crippen LogP contribution in [0.5, 0.6) is 0 Å². The maximum atomic E-state index is 12.1. The van der Waals surface area contributed by atoms with Crippen LogP contribution in [0.2, 0.25) is 5.02 Å². The number of hydrogen-bond donors (Lipinski definition) is 1. The zero-order valence-corrected chi connectivity index (χ0v) is 19.2. The van der Waals surface area contributed by atoms with Crippen molar-refractivity contribution in [2.24, 2.45) is 5.41 Å². The minimum atomic E-state index is -0.500. The zero-order valence-electron chi connectivity index (χ0n) is 18.4. The summed E-state index contributed by atoms with van der Waals surface area (Å²) >= 11 is 6.30. The first-order valence-corrected chi connectivity index (χ1v) is 11.0. The molecule has 166 valence electrons. The number of hydrogen-bond acceptors (Lipinski definition) is 6. The monoisotopic (exact) mass is 436 g/mol. The van der Waals surface area contributed by atoms with Gasteiger partial charge in [0.2, 0.25) is 5.91 Å². The summed E-state index contributed by atoms with van der Waals surface area (Å²) in [7, 11) is 0. The molecule has 2 fully saturated rings. The maximum absolute atomic E-state index is 12.1. The fourth-order valence-corrected chi connectivity index (χ4v) is 3.99. The number of piperazine rings is 1. The molecule has 1 aromatic carbocycles. The summed E-state index contributed by atoms with van der Waals surface area (Å²) < 4.78 is 0. The van der Waals surface area contributed by atoms with Gasteiger partial charge in [-0.25, -0.2) is 4.79 Å². The van der Waals surface area contributed by atoms with Gasteiger partial charge < -0.3 is 15.1 Å². The van der Waals surface area contributed by atoms with Crippen LogP contribution in [0.1, 0.15) is 39.7 Å². The summed E-state index contributed by atoms with van der Waals surface area (Å²) in [5, 5.41) is 5.50. The topological polar surface area (TPSA) is 65.1 Å². The molecule has 0 saturated carbocycles. The molecule has 1 amide bonds. The third-order valence-electron chi connectivity index (χ3n) is 5.53. The fraction of sp³-hybridized carbons (Fsp3) is 0.636. The van der Waals surface area contributed by atoms with Gasteiger partial charge in [0.25, 0.3) is 0 Å². The lowest BCUT2D eigenvalue weighted by Crippen LogP contribution is -2.47. The summed E-state index contributed by atoms with van der Waals surface area (Å²) in [6.45, 7) is 12.7. The van der Waals surface area contributed by atoms with E-state index in [0.717, 1.165) is 49.9 Å². The Balaban J connectivity index is 1.59. The van der Waals surface area contributed by atoms with Crippen molar-refractivity contribution in [1.29, 1.82) is 0 Å². The van der Waals surface area contributed by atoms with Crippen LogP contribution in [-0.2, 0) is 21.0 Å². The van der Waals surface area contributed by atoms with Gasteiger partial charge >= 0.3 is 5.97 Å². The molecule has 0 aromatic heterocycles. The van der Waals surface area contributed by atoms with E-state index in [2.05, 4.69) is 21.2 Å². The third kappa shape index (κ3) is 6.09. The van der Waals surface area contributed by atoms with Crippen molar-refractivity contribution in [2.45, 2.75) is 46.7 Å². The van der Waals surface area contributed by atoms with Crippen molar-refractivity contribution in [3.8, 4) is 0 Å². The van der Waals surface area contributed by atoms with Crippen LogP contribution in [0.25, 0.3) is 0 Å². The highest BCUT2D eigenvalue weighted by atomic mass is 35.5. The van der Waals surface area contributed by atoms with E-state index in [9.17, 15) is 9.59 Å². The molecule has 1 atom stereocenters. The van der Waals surface area contributed by atoms with Crippen molar-refractivity contribution >= 4 is 29.2 Å². The number of anilines is 1. The Labute approximate surface area is 184 Å². The first-order chi connectivity index (χ1) is 14.1. The number of hydroxylamine groups is 2. The van der Waals surface area contributed by atoms with Gasteiger partial charge in [-0.2, -0.15) is 0 Å². The molecule has 0 spiro atoms. The average molecular weight is 437 g/mol. The normalized spacial score (nSPS) is 21.0. The lowest BCUT2D eigenvalue weighted by Gasteiger charge is -2.35. The van der Waals surface area contributed by atoms with Crippen molar-refractivity contribution in [1.82, 2.24) is 15.3 Å². The van der Waals surface area contributed by atoms with E-state index in [1.165, 1.54) is 5.56 Å². The second-order valence-electron chi connectivity index (χ2n) is 9.24. The van der Waals surface area contributed by atoms with Crippen LogP contribution in [0.15, 0.2) is 18.2 Å². The maximum Gasteiger partial charge on any atom is 0.330 e. The summed E-state index contributed by atoms with van der Waals surface area (Å²) in [6, 6.07) is 6.22. The van der Waals surface area contributed by atoms with Crippen LogP contribution >= 0.6 is 11.6 Å². The second kappa shape index (κ2) is 9.54. The van der Waals surface area contributed by atoms with Gasteiger partial charge in [0.05, 0.1) is 5.41 Å². The van der Waals surface area contributed by atoms with E-state index in [4.69, 9.17) is 16.4 Å². The number of halogens is 1. The van der Waals surface area contributed by atoms with Crippen LogP contribution < -0.4 is 10.2 Å². The molecule has 8 heteroatoms. The summed E-state index contributed by atoms with van der Waals surface area (Å²) in [5.74, 6) is -0.183. The van der Waals surface area contributed by atoms with Gasteiger partial charge in [0, 0.05) is 69.5 Å². The lowest BCUT2D eigenvalue weighted by atomic mass is 9.98. The molecule has 2 aliphatic heterocycles. The van der Waals surface area contributed by atoms with Crippen LogP contribution in [-0.4, -0.2) is 67.1 Å². The summed E-state index contributed by atoms with van der Waals surface area (Å²) in [5.41, 5.74) is 1.86. The molecule has 3 rings (SSSR count). The SMILES string of the molecule is CC(=O)NC1CCN(c2cc(Cl)ccc2CN2CCN(OC(=O)C(C)(C)C)CC2)C1. The van der Waals surface area contributed by atoms with E-state index in [1.54, 1.807) is 12.0 Å². The predicted molar refractivity (Wildman–Crippen MR) is 118 cm³/mol. The highest BCUT2D eigenvalue weighted by molar-refractivity contribution is 6.30. The molecule has 30 heavy (non-hydrogen) atoms. The van der Waals surface area contributed by atoms with Gasteiger partial charge in [0.1, 0.15) is 0 Å². The molecule has 0 bridgehead atoms. The molecular weight excluding hydrogens is 404 g/mol. The quantitative estimate of drug-likeness (QED) is 0.765. The van der Waals surface area contributed by atoms with Gasteiger partial charge in [0.15, 0.2) is 0 Å². The first-order valence-electron chi connectivity index (χ1n) is 10.6. The number of carbonyl (C=O) groups is 2. The summed E-state index contributed by atoms with van der Waals surface area (Å²) in [4.78, 5) is 33.7. The molecule has 2 aliphatic rings. The molecular formula is C22H33ClN4O3. The van der Waals surface area contributed by atoms with Gasteiger partial charge in [-0.05, 0) is 44.9 Å². The van der Waals surface area contributed by atoms with Crippen molar-refractivity contribution < 1.29 is 14.4 Å². The molecule has 1 unspecified atom stereocenters. The number of nitrogens with zero attached hydrogens (tertiary/aromatic N) is 3. The number of nitrogens with one attached hydrogen (secondary N) is 1. The summed E-state index contributed by atoms with van der Waals surface area (Å²) in [6.07, 6.45) is 0.934. The Morgan fingerprint density at radius 1 is 1.17 bits per heavy atom. The Morgan fingerprint density at radius 3 is 2.50 bits per heavy atom. The highest BCUT2D eigenvalue weighted by Crippen LogP contribution is 2.29. The smallest absolute Gasteiger partial charge is 0.330 e. The van der Waals surface area contributed by atoms with Crippen molar-refractivity contribution in [3.05, 3.63) is 28.8 Å². The van der Waals surface area contributed by atoms with E-state index in [1.807, 2.05) is 32.9 Å². The van der Waals surface area contributed by atoms with Crippen LogP contribution in [0.3, 0.4) is 0 Å². The first kappa shape index (κ1) is 22.8.